The van der Waals surface area contributed by atoms with Crippen LogP contribution in [-0.4, -0.2) is 30.4 Å². The standard InChI is InChI=1S/C12H14O4/c13-10-4-1-3-9(7-10)12(14)16-8-11-5-2-6-15-11/h1,3-4,7,11,13H,2,5-6,8H2/t11-/m1/s1. The lowest BCUT2D eigenvalue weighted by Crippen LogP contribution is -2.17. The largest absolute Gasteiger partial charge is 0.508 e. The molecule has 1 aromatic carbocycles. The molecule has 4 nitrogen and oxygen atoms in total. The predicted molar refractivity (Wildman–Crippen MR) is 57.4 cm³/mol. The van der Waals surface area contributed by atoms with E-state index in [-0.39, 0.29) is 18.5 Å². The van der Waals surface area contributed by atoms with Gasteiger partial charge in [-0.25, -0.2) is 4.79 Å². The molecule has 2 rings (SSSR count). The Morgan fingerprint density at radius 1 is 1.56 bits per heavy atom. The van der Waals surface area contributed by atoms with Crippen molar-refractivity contribution in [1.82, 2.24) is 0 Å². The van der Waals surface area contributed by atoms with E-state index in [2.05, 4.69) is 0 Å². The fraction of sp³-hybridized carbons (Fsp3) is 0.417. The molecule has 0 unspecified atom stereocenters. The molecule has 1 fully saturated rings. The van der Waals surface area contributed by atoms with Gasteiger partial charge in [0.25, 0.3) is 0 Å². The zero-order valence-electron chi connectivity index (χ0n) is 8.89. The minimum Gasteiger partial charge on any atom is -0.508 e. The zero-order chi connectivity index (χ0) is 11.4. The molecule has 1 saturated heterocycles. The number of carbonyl (C=O) groups is 1. The molecule has 0 spiro atoms. The average molecular weight is 222 g/mol. The molecule has 86 valence electrons. The molecule has 16 heavy (non-hydrogen) atoms. The Hall–Kier alpha value is -1.55. The lowest BCUT2D eigenvalue weighted by molar-refractivity contribution is 0.0161. The number of ether oxygens (including phenoxy) is 2. The van der Waals surface area contributed by atoms with Gasteiger partial charge in [-0.3, -0.25) is 0 Å². The Morgan fingerprint density at radius 3 is 3.12 bits per heavy atom. The summed E-state index contributed by atoms with van der Waals surface area (Å²) in [4.78, 5) is 11.6. The van der Waals surface area contributed by atoms with Gasteiger partial charge in [0.1, 0.15) is 12.4 Å². The first kappa shape index (κ1) is 11.0. The second kappa shape index (κ2) is 4.99. The van der Waals surface area contributed by atoms with E-state index in [0.717, 1.165) is 19.4 Å². The third-order valence-electron chi connectivity index (χ3n) is 2.51. The summed E-state index contributed by atoms with van der Waals surface area (Å²) in [6, 6.07) is 6.12. The van der Waals surface area contributed by atoms with Crippen LogP contribution in [0, 0.1) is 0 Å². The smallest absolute Gasteiger partial charge is 0.338 e. The third-order valence-corrected chi connectivity index (χ3v) is 2.51. The lowest BCUT2D eigenvalue weighted by atomic mass is 10.2. The molecule has 0 amide bonds. The molecule has 0 aliphatic carbocycles. The Kier molecular flexibility index (Phi) is 3.41. The average Bonchev–Trinajstić information content (AvgIpc) is 2.78. The molecule has 0 saturated carbocycles. The topological polar surface area (TPSA) is 55.8 Å². The summed E-state index contributed by atoms with van der Waals surface area (Å²) in [5, 5.41) is 9.21. The molecule has 1 atom stereocenters. The van der Waals surface area contributed by atoms with Crippen molar-refractivity contribution < 1.29 is 19.4 Å². The van der Waals surface area contributed by atoms with Crippen LogP contribution in [0.3, 0.4) is 0 Å². The first-order valence-corrected chi connectivity index (χ1v) is 5.33. The molecule has 4 heteroatoms. The van der Waals surface area contributed by atoms with Crippen molar-refractivity contribution in [3.05, 3.63) is 29.8 Å². The summed E-state index contributed by atoms with van der Waals surface area (Å²) < 4.78 is 10.4. The van der Waals surface area contributed by atoms with E-state index in [0.29, 0.717) is 5.56 Å². The SMILES string of the molecule is O=C(OC[C@H]1CCCO1)c1cccc(O)c1. The van der Waals surface area contributed by atoms with Gasteiger partial charge >= 0.3 is 5.97 Å². The molecule has 0 radical (unpaired) electrons. The van der Waals surface area contributed by atoms with Gasteiger partial charge in [0, 0.05) is 6.61 Å². The van der Waals surface area contributed by atoms with Gasteiger partial charge in [0.05, 0.1) is 11.7 Å². The summed E-state index contributed by atoms with van der Waals surface area (Å²) in [5.74, 6) is -0.363. The van der Waals surface area contributed by atoms with Gasteiger partial charge in [-0.1, -0.05) is 6.07 Å². The number of hydrogen-bond donors (Lipinski definition) is 1. The van der Waals surface area contributed by atoms with E-state index < -0.39 is 5.97 Å². The number of aromatic hydroxyl groups is 1. The highest BCUT2D eigenvalue weighted by Crippen LogP contribution is 2.15. The number of rotatable bonds is 3. The van der Waals surface area contributed by atoms with E-state index in [4.69, 9.17) is 9.47 Å². The van der Waals surface area contributed by atoms with Gasteiger partial charge in [-0.15, -0.1) is 0 Å². The molecule has 1 N–H and O–H groups in total. The summed E-state index contributed by atoms with van der Waals surface area (Å²) in [5.41, 5.74) is 0.359. The van der Waals surface area contributed by atoms with Crippen molar-refractivity contribution in [3.8, 4) is 5.75 Å². The molecule has 1 heterocycles. The fourth-order valence-corrected chi connectivity index (χ4v) is 1.66. The zero-order valence-corrected chi connectivity index (χ0v) is 8.89. The number of phenols is 1. The van der Waals surface area contributed by atoms with Crippen LogP contribution in [0.5, 0.6) is 5.75 Å². The molecule has 1 aromatic rings. The monoisotopic (exact) mass is 222 g/mol. The molecule has 1 aliphatic heterocycles. The summed E-state index contributed by atoms with van der Waals surface area (Å²) in [6.45, 7) is 1.03. The van der Waals surface area contributed by atoms with E-state index >= 15 is 0 Å². The molecular formula is C12H14O4. The Morgan fingerprint density at radius 2 is 2.44 bits per heavy atom. The van der Waals surface area contributed by atoms with Crippen LogP contribution in [-0.2, 0) is 9.47 Å². The normalized spacial score (nSPS) is 19.6. The lowest BCUT2D eigenvalue weighted by Gasteiger charge is -2.10. The Labute approximate surface area is 93.8 Å². The van der Waals surface area contributed by atoms with Crippen molar-refractivity contribution in [2.24, 2.45) is 0 Å². The molecule has 0 bridgehead atoms. The van der Waals surface area contributed by atoms with Crippen LogP contribution in [0.25, 0.3) is 0 Å². The maximum atomic E-state index is 11.6. The number of benzene rings is 1. The van der Waals surface area contributed by atoms with E-state index in [1.165, 1.54) is 12.1 Å². The quantitative estimate of drug-likeness (QED) is 0.791. The predicted octanol–water partition coefficient (Wildman–Crippen LogP) is 1.73. The van der Waals surface area contributed by atoms with Crippen molar-refractivity contribution >= 4 is 5.97 Å². The van der Waals surface area contributed by atoms with Gasteiger partial charge in [0.2, 0.25) is 0 Å². The number of esters is 1. The van der Waals surface area contributed by atoms with Gasteiger partial charge in [-0.05, 0) is 31.0 Å². The number of carbonyl (C=O) groups excluding carboxylic acids is 1. The van der Waals surface area contributed by atoms with Gasteiger partial charge < -0.3 is 14.6 Å². The van der Waals surface area contributed by atoms with E-state index in [9.17, 15) is 9.90 Å². The molecule has 1 aliphatic rings. The van der Waals surface area contributed by atoms with Crippen molar-refractivity contribution in [2.75, 3.05) is 13.2 Å². The minimum atomic E-state index is -0.425. The molecule has 0 aromatic heterocycles. The van der Waals surface area contributed by atoms with Crippen molar-refractivity contribution in [1.29, 1.82) is 0 Å². The van der Waals surface area contributed by atoms with Crippen LogP contribution >= 0.6 is 0 Å². The first-order chi connectivity index (χ1) is 7.75. The highest BCUT2D eigenvalue weighted by atomic mass is 16.6. The third kappa shape index (κ3) is 2.73. The summed E-state index contributed by atoms with van der Waals surface area (Å²) in [7, 11) is 0. The number of phenolic OH excluding ortho intramolecular Hbond substituents is 1. The minimum absolute atomic E-state index is 0.0289. The highest BCUT2D eigenvalue weighted by Gasteiger charge is 2.18. The fourth-order valence-electron chi connectivity index (χ4n) is 1.66. The van der Waals surface area contributed by atoms with Gasteiger partial charge in [0.15, 0.2) is 0 Å². The number of hydrogen-bond acceptors (Lipinski definition) is 4. The first-order valence-electron chi connectivity index (χ1n) is 5.33. The van der Waals surface area contributed by atoms with Crippen LogP contribution in [0.2, 0.25) is 0 Å². The van der Waals surface area contributed by atoms with Crippen LogP contribution in [0.15, 0.2) is 24.3 Å². The molecular weight excluding hydrogens is 208 g/mol. The Bertz CT molecular complexity index is 369. The van der Waals surface area contributed by atoms with Crippen LogP contribution < -0.4 is 0 Å². The summed E-state index contributed by atoms with van der Waals surface area (Å²) in [6.07, 6.45) is 1.99. The Balaban J connectivity index is 1.87. The van der Waals surface area contributed by atoms with E-state index in [1.807, 2.05) is 0 Å². The highest BCUT2D eigenvalue weighted by molar-refractivity contribution is 5.89. The summed E-state index contributed by atoms with van der Waals surface area (Å²) >= 11 is 0. The van der Waals surface area contributed by atoms with Crippen molar-refractivity contribution in [3.63, 3.8) is 0 Å². The van der Waals surface area contributed by atoms with Crippen LogP contribution in [0.4, 0.5) is 0 Å². The van der Waals surface area contributed by atoms with Crippen LogP contribution in [0.1, 0.15) is 23.2 Å². The van der Waals surface area contributed by atoms with Gasteiger partial charge in [-0.2, -0.15) is 0 Å². The maximum absolute atomic E-state index is 11.6. The second-order valence-electron chi connectivity index (χ2n) is 3.78. The second-order valence-corrected chi connectivity index (χ2v) is 3.78. The van der Waals surface area contributed by atoms with E-state index in [1.54, 1.807) is 12.1 Å². The maximum Gasteiger partial charge on any atom is 0.338 e. The van der Waals surface area contributed by atoms with Crippen molar-refractivity contribution in [2.45, 2.75) is 18.9 Å².